The maximum atomic E-state index is 12.3. The topological polar surface area (TPSA) is 30.7 Å². The highest BCUT2D eigenvalue weighted by Gasteiger charge is 2.28. The molecule has 0 unspecified atom stereocenters. The van der Waals surface area contributed by atoms with E-state index >= 15 is 0 Å². The van der Waals surface area contributed by atoms with Gasteiger partial charge in [-0.2, -0.15) is 18.3 Å². The van der Waals surface area contributed by atoms with E-state index in [9.17, 15) is 13.2 Å². The smallest absolute Gasteiger partial charge is 0.263 e. The number of rotatable bonds is 3. The SMILES string of the molecule is Cc1cc(-c2cnn(CC(F)(F)F)c2)cc(C(C)C)n1. The third-order valence-corrected chi connectivity index (χ3v) is 2.87. The fourth-order valence-electron chi connectivity index (χ4n) is 1.94. The summed E-state index contributed by atoms with van der Waals surface area (Å²) in [4.78, 5) is 4.42. The van der Waals surface area contributed by atoms with Crippen molar-refractivity contribution < 1.29 is 13.2 Å². The first-order valence-electron chi connectivity index (χ1n) is 6.33. The molecule has 0 atom stereocenters. The van der Waals surface area contributed by atoms with Gasteiger partial charge in [-0.25, -0.2) is 0 Å². The summed E-state index contributed by atoms with van der Waals surface area (Å²) >= 11 is 0. The third-order valence-electron chi connectivity index (χ3n) is 2.87. The third kappa shape index (κ3) is 3.59. The maximum Gasteiger partial charge on any atom is 0.408 e. The largest absolute Gasteiger partial charge is 0.408 e. The van der Waals surface area contributed by atoms with Crippen molar-refractivity contribution in [2.75, 3.05) is 0 Å². The molecule has 0 saturated carbocycles. The Bertz CT molecular complexity index is 600. The van der Waals surface area contributed by atoms with Crippen molar-refractivity contribution in [3.8, 4) is 11.1 Å². The van der Waals surface area contributed by atoms with Crippen LogP contribution in [0.4, 0.5) is 13.2 Å². The Morgan fingerprint density at radius 3 is 2.50 bits per heavy atom. The van der Waals surface area contributed by atoms with E-state index in [0.29, 0.717) is 5.56 Å². The zero-order chi connectivity index (χ0) is 14.9. The maximum absolute atomic E-state index is 12.3. The first kappa shape index (κ1) is 14.6. The lowest BCUT2D eigenvalue weighted by molar-refractivity contribution is -0.142. The molecule has 0 saturated heterocycles. The monoisotopic (exact) mass is 283 g/mol. The summed E-state index contributed by atoms with van der Waals surface area (Å²) in [5.41, 5.74) is 3.27. The number of halogens is 3. The summed E-state index contributed by atoms with van der Waals surface area (Å²) in [5, 5.41) is 3.76. The van der Waals surface area contributed by atoms with Crippen LogP contribution < -0.4 is 0 Å². The number of hydrogen-bond donors (Lipinski definition) is 0. The molecule has 0 bridgehead atoms. The van der Waals surface area contributed by atoms with Crippen LogP contribution in [0.25, 0.3) is 11.1 Å². The van der Waals surface area contributed by atoms with E-state index in [0.717, 1.165) is 21.6 Å². The van der Waals surface area contributed by atoms with Gasteiger partial charge in [0.1, 0.15) is 6.54 Å². The molecule has 0 aliphatic heterocycles. The Morgan fingerprint density at radius 1 is 1.20 bits per heavy atom. The predicted molar refractivity (Wildman–Crippen MR) is 70.3 cm³/mol. The van der Waals surface area contributed by atoms with Crippen LogP contribution in [0.1, 0.15) is 31.2 Å². The highest BCUT2D eigenvalue weighted by atomic mass is 19.4. The molecule has 0 N–H and O–H groups in total. The molecule has 2 aromatic rings. The lowest BCUT2D eigenvalue weighted by Gasteiger charge is -2.08. The fourth-order valence-corrected chi connectivity index (χ4v) is 1.94. The van der Waals surface area contributed by atoms with E-state index in [1.807, 2.05) is 32.9 Å². The summed E-state index contributed by atoms with van der Waals surface area (Å²) in [5.74, 6) is 0.263. The number of pyridine rings is 1. The van der Waals surface area contributed by atoms with Gasteiger partial charge in [-0.05, 0) is 30.5 Å². The normalized spacial score (nSPS) is 12.2. The number of aromatic nitrogens is 3. The average Bonchev–Trinajstić information content (AvgIpc) is 2.74. The van der Waals surface area contributed by atoms with E-state index in [1.54, 1.807) is 0 Å². The first-order valence-corrected chi connectivity index (χ1v) is 6.33. The molecule has 0 aliphatic carbocycles. The summed E-state index contributed by atoms with van der Waals surface area (Å²) in [6.45, 7) is 4.85. The quantitative estimate of drug-likeness (QED) is 0.854. The van der Waals surface area contributed by atoms with Crippen LogP contribution >= 0.6 is 0 Å². The molecule has 0 aliphatic rings. The van der Waals surface area contributed by atoms with Gasteiger partial charge in [0, 0.05) is 23.1 Å². The van der Waals surface area contributed by atoms with Gasteiger partial charge in [-0.15, -0.1) is 0 Å². The van der Waals surface area contributed by atoms with Gasteiger partial charge in [-0.3, -0.25) is 9.67 Å². The van der Waals surface area contributed by atoms with E-state index < -0.39 is 12.7 Å². The first-order chi connectivity index (χ1) is 9.24. The van der Waals surface area contributed by atoms with Crippen molar-refractivity contribution >= 4 is 0 Å². The van der Waals surface area contributed by atoms with E-state index in [1.165, 1.54) is 12.4 Å². The van der Waals surface area contributed by atoms with Crippen molar-refractivity contribution in [3.05, 3.63) is 35.9 Å². The summed E-state index contributed by atoms with van der Waals surface area (Å²) in [7, 11) is 0. The molecule has 0 spiro atoms. The molecule has 2 aromatic heterocycles. The summed E-state index contributed by atoms with van der Waals surface area (Å²) in [6, 6.07) is 3.74. The van der Waals surface area contributed by atoms with E-state index in [4.69, 9.17) is 0 Å². The zero-order valence-electron chi connectivity index (χ0n) is 11.6. The lowest BCUT2D eigenvalue weighted by Crippen LogP contribution is -2.17. The van der Waals surface area contributed by atoms with Crippen LogP contribution in [0, 0.1) is 6.92 Å². The van der Waals surface area contributed by atoms with Crippen molar-refractivity contribution in [1.82, 2.24) is 14.8 Å². The Hall–Kier alpha value is -1.85. The van der Waals surface area contributed by atoms with Crippen molar-refractivity contribution in [3.63, 3.8) is 0 Å². The summed E-state index contributed by atoms with van der Waals surface area (Å²) < 4.78 is 37.9. The van der Waals surface area contributed by atoms with Crippen molar-refractivity contribution in [2.45, 2.75) is 39.4 Å². The van der Waals surface area contributed by atoms with Crippen LogP contribution in [0.2, 0.25) is 0 Å². The van der Waals surface area contributed by atoms with Gasteiger partial charge in [0.05, 0.1) is 6.20 Å². The van der Waals surface area contributed by atoms with Crippen LogP contribution in [-0.2, 0) is 6.54 Å². The second-order valence-electron chi connectivity index (χ2n) is 5.12. The molecule has 20 heavy (non-hydrogen) atoms. The highest BCUT2D eigenvalue weighted by molar-refractivity contribution is 5.62. The van der Waals surface area contributed by atoms with Crippen LogP contribution in [0.3, 0.4) is 0 Å². The van der Waals surface area contributed by atoms with E-state index in [-0.39, 0.29) is 5.92 Å². The Balaban J connectivity index is 2.32. The van der Waals surface area contributed by atoms with Gasteiger partial charge in [0.2, 0.25) is 0 Å². The molecule has 0 amide bonds. The zero-order valence-corrected chi connectivity index (χ0v) is 11.6. The minimum absolute atomic E-state index is 0.263. The molecule has 108 valence electrons. The minimum atomic E-state index is -4.26. The number of hydrogen-bond acceptors (Lipinski definition) is 2. The second-order valence-corrected chi connectivity index (χ2v) is 5.12. The molecule has 0 radical (unpaired) electrons. The molecular formula is C14H16F3N3. The number of nitrogens with zero attached hydrogens (tertiary/aromatic N) is 3. The Kier molecular flexibility index (Phi) is 3.83. The highest BCUT2D eigenvalue weighted by Crippen LogP contribution is 2.24. The van der Waals surface area contributed by atoms with Gasteiger partial charge in [0.15, 0.2) is 0 Å². The van der Waals surface area contributed by atoms with Gasteiger partial charge < -0.3 is 0 Å². The van der Waals surface area contributed by atoms with Crippen LogP contribution in [0.15, 0.2) is 24.5 Å². The summed E-state index contributed by atoms with van der Waals surface area (Å²) in [6.07, 6.45) is -1.41. The Morgan fingerprint density at radius 2 is 1.90 bits per heavy atom. The van der Waals surface area contributed by atoms with E-state index in [2.05, 4.69) is 10.1 Å². The van der Waals surface area contributed by atoms with Crippen LogP contribution in [0.5, 0.6) is 0 Å². The predicted octanol–water partition coefficient (Wildman–Crippen LogP) is 3.94. The average molecular weight is 283 g/mol. The number of alkyl halides is 3. The van der Waals surface area contributed by atoms with Gasteiger partial charge in [-0.1, -0.05) is 13.8 Å². The molecular weight excluding hydrogens is 267 g/mol. The molecule has 0 aromatic carbocycles. The lowest BCUT2D eigenvalue weighted by atomic mass is 10.0. The number of aryl methyl sites for hydroxylation is 1. The van der Waals surface area contributed by atoms with Crippen molar-refractivity contribution in [2.24, 2.45) is 0 Å². The molecule has 6 heteroatoms. The molecule has 0 fully saturated rings. The molecule has 3 nitrogen and oxygen atoms in total. The standard InChI is InChI=1S/C14H16F3N3/c1-9(2)13-5-11(4-10(3)19-13)12-6-18-20(7-12)8-14(15,16)17/h4-7,9H,8H2,1-3H3. The Labute approximate surface area is 115 Å². The minimum Gasteiger partial charge on any atom is -0.263 e. The second kappa shape index (κ2) is 5.26. The van der Waals surface area contributed by atoms with Crippen molar-refractivity contribution in [1.29, 1.82) is 0 Å². The van der Waals surface area contributed by atoms with Gasteiger partial charge >= 0.3 is 6.18 Å². The van der Waals surface area contributed by atoms with Crippen LogP contribution in [-0.4, -0.2) is 20.9 Å². The molecule has 2 rings (SSSR count). The molecule has 2 heterocycles. The van der Waals surface area contributed by atoms with Gasteiger partial charge in [0.25, 0.3) is 0 Å². The fraction of sp³-hybridized carbons (Fsp3) is 0.429.